The fourth-order valence-corrected chi connectivity index (χ4v) is 2.56. The summed E-state index contributed by atoms with van der Waals surface area (Å²) in [4.78, 5) is 4.35. The fourth-order valence-electron chi connectivity index (χ4n) is 2.56. The van der Waals surface area contributed by atoms with E-state index in [0.717, 1.165) is 19.3 Å². The van der Waals surface area contributed by atoms with E-state index in [1.54, 1.807) is 6.26 Å². The molecule has 18 heavy (non-hydrogen) atoms. The molecule has 1 fully saturated rings. The van der Waals surface area contributed by atoms with Gasteiger partial charge in [0.05, 0.1) is 6.26 Å². The lowest BCUT2D eigenvalue weighted by molar-refractivity contribution is 0.273. The molecule has 0 amide bonds. The highest BCUT2D eigenvalue weighted by atomic mass is 16.5. The van der Waals surface area contributed by atoms with Gasteiger partial charge in [-0.15, -0.1) is 0 Å². The van der Waals surface area contributed by atoms with E-state index < -0.39 is 0 Å². The summed E-state index contributed by atoms with van der Waals surface area (Å²) >= 11 is 0. The zero-order valence-corrected chi connectivity index (χ0v) is 10.2. The number of furan rings is 1. The summed E-state index contributed by atoms with van der Waals surface area (Å²) < 4.78 is 10.5. The van der Waals surface area contributed by atoms with Gasteiger partial charge in [0.25, 0.3) is 0 Å². The fraction of sp³-hybridized carbons (Fsp3) is 0.538. The number of aromatic nitrogens is 2. The minimum Gasteiger partial charge on any atom is -0.461 e. The summed E-state index contributed by atoms with van der Waals surface area (Å²) in [5.74, 6) is 2.27. The highest BCUT2D eigenvalue weighted by Gasteiger charge is 2.24. The lowest BCUT2D eigenvalue weighted by atomic mass is 9.83. The Balaban J connectivity index is 1.70. The predicted octanol–water partition coefficient (Wildman–Crippen LogP) is 2.39. The normalized spacial score (nSPS) is 24.3. The van der Waals surface area contributed by atoms with E-state index in [4.69, 9.17) is 14.7 Å². The molecule has 2 heterocycles. The van der Waals surface area contributed by atoms with Gasteiger partial charge < -0.3 is 14.7 Å². The van der Waals surface area contributed by atoms with Crippen LogP contribution in [-0.4, -0.2) is 16.2 Å². The summed E-state index contributed by atoms with van der Waals surface area (Å²) in [5.41, 5.74) is 6.12. The summed E-state index contributed by atoms with van der Waals surface area (Å²) in [7, 11) is 0. The quantitative estimate of drug-likeness (QED) is 0.901. The van der Waals surface area contributed by atoms with Crippen LogP contribution in [0.1, 0.15) is 31.6 Å². The molecule has 5 nitrogen and oxygen atoms in total. The average Bonchev–Trinajstić information content (AvgIpc) is 3.02. The largest absolute Gasteiger partial charge is 0.461 e. The molecule has 0 bridgehead atoms. The third-order valence-electron chi connectivity index (χ3n) is 3.61. The lowest BCUT2D eigenvalue weighted by Crippen LogP contribution is -2.34. The molecule has 3 rings (SSSR count). The van der Waals surface area contributed by atoms with Crippen molar-refractivity contribution in [3.8, 4) is 11.6 Å². The van der Waals surface area contributed by atoms with Crippen molar-refractivity contribution in [1.29, 1.82) is 0 Å². The van der Waals surface area contributed by atoms with E-state index in [-0.39, 0.29) is 6.04 Å². The van der Waals surface area contributed by atoms with Crippen LogP contribution >= 0.6 is 0 Å². The van der Waals surface area contributed by atoms with Crippen molar-refractivity contribution in [2.75, 3.05) is 0 Å². The Kier molecular flexibility index (Phi) is 3.15. The van der Waals surface area contributed by atoms with Crippen LogP contribution in [-0.2, 0) is 6.42 Å². The molecule has 2 aromatic heterocycles. The molecular formula is C13H17N3O2. The van der Waals surface area contributed by atoms with Gasteiger partial charge in [0.2, 0.25) is 11.7 Å². The first kappa shape index (κ1) is 11.5. The molecule has 1 saturated carbocycles. The molecule has 2 atom stereocenters. The Bertz CT molecular complexity index is 492. The molecular weight excluding hydrogens is 230 g/mol. The summed E-state index contributed by atoms with van der Waals surface area (Å²) in [5, 5.41) is 3.93. The van der Waals surface area contributed by atoms with Crippen LogP contribution in [0.15, 0.2) is 27.3 Å². The summed E-state index contributed by atoms with van der Waals surface area (Å²) in [6.07, 6.45) is 7.11. The number of nitrogens with two attached hydrogens (primary N) is 1. The average molecular weight is 247 g/mol. The molecule has 0 aliphatic heterocycles. The molecule has 0 radical (unpaired) electrons. The molecule has 0 aromatic carbocycles. The van der Waals surface area contributed by atoms with Gasteiger partial charge in [-0.1, -0.05) is 18.0 Å². The van der Waals surface area contributed by atoms with Crippen LogP contribution in [0.4, 0.5) is 0 Å². The van der Waals surface area contributed by atoms with Gasteiger partial charge in [0.1, 0.15) is 0 Å². The van der Waals surface area contributed by atoms with Crippen molar-refractivity contribution in [3.05, 3.63) is 24.3 Å². The van der Waals surface area contributed by atoms with E-state index in [1.165, 1.54) is 12.8 Å². The maximum absolute atomic E-state index is 6.12. The van der Waals surface area contributed by atoms with Crippen LogP contribution in [0.3, 0.4) is 0 Å². The molecule has 5 heteroatoms. The monoisotopic (exact) mass is 247 g/mol. The van der Waals surface area contributed by atoms with Crippen molar-refractivity contribution in [1.82, 2.24) is 10.1 Å². The molecule has 0 saturated heterocycles. The zero-order chi connectivity index (χ0) is 12.4. The highest BCUT2D eigenvalue weighted by Crippen LogP contribution is 2.26. The maximum atomic E-state index is 6.12. The SMILES string of the molecule is NC1CCCCC1Cc1nc(-c2ccco2)no1. The topological polar surface area (TPSA) is 78.1 Å². The van der Waals surface area contributed by atoms with Crippen molar-refractivity contribution in [2.24, 2.45) is 11.7 Å². The predicted molar refractivity (Wildman–Crippen MR) is 65.6 cm³/mol. The Labute approximate surface area is 105 Å². The number of nitrogens with zero attached hydrogens (tertiary/aromatic N) is 2. The zero-order valence-electron chi connectivity index (χ0n) is 10.2. The Hall–Kier alpha value is -1.62. The van der Waals surface area contributed by atoms with Crippen LogP contribution in [0, 0.1) is 5.92 Å². The van der Waals surface area contributed by atoms with Crippen LogP contribution in [0.5, 0.6) is 0 Å². The second kappa shape index (κ2) is 4.94. The van der Waals surface area contributed by atoms with Crippen LogP contribution in [0.2, 0.25) is 0 Å². The maximum Gasteiger partial charge on any atom is 0.238 e. The van der Waals surface area contributed by atoms with Gasteiger partial charge in [-0.25, -0.2) is 0 Å². The van der Waals surface area contributed by atoms with Crippen LogP contribution in [0.25, 0.3) is 11.6 Å². The number of hydrogen-bond donors (Lipinski definition) is 1. The van der Waals surface area contributed by atoms with Gasteiger partial charge in [0.15, 0.2) is 5.76 Å². The van der Waals surface area contributed by atoms with Crippen molar-refractivity contribution >= 4 is 0 Å². The first-order valence-electron chi connectivity index (χ1n) is 6.45. The highest BCUT2D eigenvalue weighted by molar-refractivity contribution is 5.44. The first-order chi connectivity index (χ1) is 8.83. The second-order valence-electron chi connectivity index (χ2n) is 4.90. The van der Waals surface area contributed by atoms with Crippen molar-refractivity contribution in [2.45, 2.75) is 38.1 Å². The van der Waals surface area contributed by atoms with E-state index >= 15 is 0 Å². The van der Waals surface area contributed by atoms with E-state index in [9.17, 15) is 0 Å². The molecule has 1 aliphatic carbocycles. The third kappa shape index (κ3) is 2.31. The summed E-state index contributed by atoms with van der Waals surface area (Å²) in [6.45, 7) is 0. The molecule has 0 spiro atoms. The van der Waals surface area contributed by atoms with Gasteiger partial charge >= 0.3 is 0 Å². The smallest absolute Gasteiger partial charge is 0.238 e. The van der Waals surface area contributed by atoms with Gasteiger partial charge in [-0.3, -0.25) is 0 Å². The van der Waals surface area contributed by atoms with Gasteiger partial charge in [-0.05, 0) is 30.9 Å². The van der Waals surface area contributed by atoms with Crippen molar-refractivity contribution < 1.29 is 8.94 Å². The number of rotatable bonds is 3. The van der Waals surface area contributed by atoms with E-state index in [0.29, 0.717) is 23.4 Å². The minimum absolute atomic E-state index is 0.262. The molecule has 2 N–H and O–H groups in total. The molecule has 2 unspecified atom stereocenters. The molecule has 96 valence electrons. The van der Waals surface area contributed by atoms with E-state index in [1.807, 2.05) is 12.1 Å². The van der Waals surface area contributed by atoms with Crippen molar-refractivity contribution in [3.63, 3.8) is 0 Å². The Morgan fingerprint density at radius 2 is 2.22 bits per heavy atom. The minimum atomic E-state index is 0.262. The van der Waals surface area contributed by atoms with Gasteiger partial charge in [0, 0.05) is 12.5 Å². The summed E-state index contributed by atoms with van der Waals surface area (Å²) in [6, 6.07) is 3.89. The number of hydrogen-bond acceptors (Lipinski definition) is 5. The van der Waals surface area contributed by atoms with Gasteiger partial charge in [-0.2, -0.15) is 4.98 Å². The Morgan fingerprint density at radius 3 is 3.00 bits per heavy atom. The third-order valence-corrected chi connectivity index (χ3v) is 3.61. The first-order valence-corrected chi connectivity index (χ1v) is 6.45. The second-order valence-corrected chi connectivity index (χ2v) is 4.90. The molecule has 1 aliphatic rings. The molecule has 2 aromatic rings. The van der Waals surface area contributed by atoms with E-state index in [2.05, 4.69) is 10.1 Å². The lowest BCUT2D eigenvalue weighted by Gasteiger charge is -2.27. The Morgan fingerprint density at radius 1 is 1.33 bits per heavy atom. The standard InChI is InChI=1S/C13H17N3O2/c14-10-5-2-1-4-9(10)8-12-15-13(16-18-12)11-6-3-7-17-11/h3,6-7,9-10H,1-2,4-5,8,14H2. The van der Waals surface area contributed by atoms with Crippen LogP contribution < -0.4 is 5.73 Å².